The zero-order chi connectivity index (χ0) is 15.3. The fourth-order valence-corrected chi connectivity index (χ4v) is 2.37. The third-order valence-electron chi connectivity index (χ3n) is 3.56. The molecule has 1 aliphatic heterocycles. The third kappa shape index (κ3) is 5.49. The van der Waals surface area contributed by atoms with E-state index in [-0.39, 0.29) is 24.7 Å². The van der Waals surface area contributed by atoms with Gasteiger partial charge >= 0.3 is 5.97 Å². The van der Waals surface area contributed by atoms with E-state index in [0.29, 0.717) is 6.04 Å². The van der Waals surface area contributed by atoms with Crippen LogP contribution in [0.3, 0.4) is 0 Å². The zero-order valence-corrected chi connectivity index (χ0v) is 13.4. The van der Waals surface area contributed by atoms with Gasteiger partial charge in [0.05, 0.1) is 6.42 Å². The van der Waals surface area contributed by atoms with Crippen molar-refractivity contribution in [3.8, 4) is 0 Å². The number of rotatable bonds is 4. The Morgan fingerprint density at radius 3 is 2.40 bits per heavy atom. The minimum atomic E-state index is -0.485. The normalized spacial score (nSPS) is 20.9. The summed E-state index contributed by atoms with van der Waals surface area (Å²) in [5.41, 5.74) is -0.485. The Kier molecular flexibility index (Phi) is 5.99. The number of carbonyl (C=O) groups excluding carboxylic acids is 2. The first-order chi connectivity index (χ1) is 9.23. The molecule has 5 heteroatoms. The van der Waals surface area contributed by atoms with Crippen molar-refractivity contribution >= 4 is 11.9 Å². The molecule has 1 rings (SSSR count). The molecule has 1 saturated heterocycles. The van der Waals surface area contributed by atoms with Gasteiger partial charge in [-0.05, 0) is 34.2 Å². The fraction of sp³-hybridized carbons (Fsp3) is 0.867. The minimum absolute atomic E-state index is 0.0578. The van der Waals surface area contributed by atoms with Crippen molar-refractivity contribution in [1.29, 1.82) is 0 Å². The Hall–Kier alpha value is -1.10. The molecule has 1 aliphatic rings. The van der Waals surface area contributed by atoms with E-state index in [2.05, 4.69) is 18.9 Å². The molecule has 20 heavy (non-hydrogen) atoms. The first-order valence-corrected chi connectivity index (χ1v) is 7.42. The van der Waals surface area contributed by atoms with Crippen molar-refractivity contribution in [3.05, 3.63) is 0 Å². The van der Waals surface area contributed by atoms with Gasteiger partial charge in [-0.15, -0.1) is 0 Å². The average Bonchev–Trinajstić information content (AvgIpc) is 2.34. The Labute approximate surface area is 122 Å². The number of hydrogen-bond donors (Lipinski definition) is 0. The van der Waals surface area contributed by atoms with E-state index in [1.807, 2.05) is 25.7 Å². The molecule has 0 aliphatic carbocycles. The highest BCUT2D eigenvalue weighted by Crippen LogP contribution is 2.13. The van der Waals surface area contributed by atoms with Crippen LogP contribution in [-0.4, -0.2) is 60.0 Å². The van der Waals surface area contributed by atoms with Crippen LogP contribution in [0.15, 0.2) is 0 Å². The zero-order valence-electron chi connectivity index (χ0n) is 13.4. The Morgan fingerprint density at radius 2 is 1.85 bits per heavy atom. The molecule has 0 bridgehead atoms. The highest BCUT2D eigenvalue weighted by atomic mass is 16.6. The summed E-state index contributed by atoms with van der Waals surface area (Å²) in [5.74, 6) is -0.241. The van der Waals surface area contributed by atoms with Crippen LogP contribution in [-0.2, 0) is 14.3 Å². The summed E-state index contributed by atoms with van der Waals surface area (Å²) in [4.78, 5) is 27.9. The molecular formula is C15H28N2O3. The number of piperazine rings is 1. The number of amides is 1. The molecule has 0 spiro atoms. The molecule has 0 radical (unpaired) electrons. The maximum absolute atomic E-state index is 12.1. The van der Waals surface area contributed by atoms with Crippen LogP contribution >= 0.6 is 0 Å². The van der Waals surface area contributed by atoms with Gasteiger partial charge in [0.1, 0.15) is 5.60 Å². The van der Waals surface area contributed by atoms with E-state index in [0.717, 1.165) is 26.1 Å². The molecule has 0 saturated carbocycles. The van der Waals surface area contributed by atoms with Gasteiger partial charge in [0.25, 0.3) is 0 Å². The molecule has 0 aromatic heterocycles. The molecule has 116 valence electrons. The van der Waals surface area contributed by atoms with E-state index in [1.54, 1.807) is 0 Å². The van der Waals surface area contributed by atoms with Crippen molar-refractivity contribution in [3.63, 3.8) is 0 Å². The second-order valence-electron chi connectivity index (χ2n) is 6.47. The Bertz CT molecular complexity index is 350. The third-order valence-corrected chi connectivity index (χ3v) is 3.56. The van der Waals surface area contributed by atoms with Crippen LogP contribution in [0, 0.1) is 0 Å². The van der Waals surface area contributed by atoms with Gasteiger partial charge in [-0.3, -0.25) is 14.5 Å². The largest absolute Gasteiger partial charge is 0.460 e. The lowest BCUT2D eigenvalue weighted by molar-refractivity contribution is -0.156. The number of likely N-dealkylation sites (N-methyl/N-ethyl adjacent to an activating group) is 1. The van der Waals surface area contributed by atoms with Crippen LogP contribution in [0.1, 0.15) is 47.0 Å². The molecule has 0 N–H and O–H groups in total. The van der Waals surface area contributed by atoms with Crippen LogP contribution in [0.25, 0.3) is 0 Å². The van der Waals surface area contributed by atoms with Crippen molar-refractivity contribution in [2.45, 2.75) is 58.6 Å². The van der Waals surface area contributed by atoms with E-state index < -0.39 is 5.60 Å². The Balaban J connectivity index is 2.38. The van der Waals surface area contributed by atoms with Crippen LogP contribution < -0.4 is 0 Å². The molecule has 0 aromatic carbocycles. The molecule has 1 atom stereocenters. The minimum Gasteiger partial charge on any atom is -0.460 e. The van der Waals surface area contributed by atoms with Gasteiger partial charge in [-0.25, -0.2) is 0 Å². The molecule has 1 heterocycles. The lowest BCUT2D eigenvalue weighted by Gasteiger charge is -2.39. The predicted molar refractivity (Wildman–Crippen MR) is 78.4 cm³/mol. The van der Waals surface area contributed by atoms with Crippen molar-refractivity contribution in [2.75, 3.05) is 26.7 Å². The monoisotopic (exact) mass is 284 g/mol. The summed E-state index contributed by atoms with van der Waals surface area (Å²) in [7, 11) is 2.09. The Morgan fingerprint density at radius 1 is 1.20 bits per heavy atom. The topological polar surface area (TPSA) is 49.9 Å². The molecule has 1 fully saturated rings. The van der Waals surface area contributed by atoms with Crippen LogP contribution in [0.4, 0.5) is 0 Å². The van der Waals surface area contributed by atoms with E-state index >= 15 is 0 Å². The number of ether oxygens (including phenoxy) is 1. The summed E-state index contributed by atoms with van der Waals surface area (Å²) >= 11 is 0. The number of esters is 1. The first-order valence-electron chi connectivity index (χ1n) is 7.42. The van der Waals surface area contributed by atoms with Gasteiger partial charge in [0, 0.05) is 32.1 Å². The van der Waals surface area contributed by atoms with E-state index in [4.69, 9.17) is 4.74 Å². The maximum atomic E-state index is 12.1. The first kappa shape index (κ1) is 17.0. The highest BCUT2D eigenvalue weighted by molar-refractivity contribution is 5.81. The molecule has 1 amide bonds. The average molecular weight is 284 g/mol. The number of hydrogen-bond acceptors (Lipinski definition) is 4. The van der Waals surface area contributed by atoms with Gasteiger partial charge in [0.15, 0.2) is 0 Å². The second-order valence-corrected chi connectivity index (χ2v) is 6.47. The van der Waals surface area contributed by atoms with Crippen molar-refractivity contribution < 1.29 is 14.3 Å². The quantitative estimate of drug-likeness (QED) is 0.737. The maximum Gasteiger partial charge on any atom is 0.306 e. The second kappa shape index (κ2) is 7.07. The van der Waals surface area contributed by atoms with Crippen LogP contribution in [0.2, 0.25) is 0 Å². The fourth-order valence-electron chi connectivity index (χ4n) is 2.37. The molecule has 1 unspecified atom stereocenters. The number of carbonyl (C=O) groups is 2. The van der Waals surface area contributed by atoms with E-state index in [9.17, 15) is 9.59 Å². The summed E-state index contributed by atoms with van der Waals surface area (Å²) < 4.78 is 5.22. The SMILES string of the molecule is CCC1CN(C(=O)CCC(=O)OC(C)(C)C)CCN1C. The van der Waals surface area contributed by atoms with Gasteiger partial charge in [-0.2, -0.15) is 0 Å². The van der Waals surface area contributed by atoms with Crippen molar-refractivity contribution in [2.24, 2.45) is 0 Å². The molecule has 0 aromatic rings. The smallest absolute Gasteiger partial charge is 0.306 e. The van der Waals surface area contributed by atoms with E-state index in [1.165, 1.54) is 0 Å². The lowest BCUT2D eigenvalue weighted by Crippen LogP contribution is -2.53. The van der Waals surface area contributed by atoms with Gasteiger partial charge in [0.2, 0.25) is 5.91 Å². The van der Waals surface area contributed by atoms with Gasteiger partial charge in [-0.1, -0.05) is 6.92 Å². The van der Waals surface area contributed by atoms with Gasteiger partial charge < -0.3 is 9.64 Å². The molecular weight excluding hydrogens is 256 g/mol. The lowest BCUT2D eigenvalue weighted by atomic mass is 10.1. The highest BCUT2D eigenvalue weighted by Gasteiger charge is 2.26. The van der Waals surface area contributed by atoms with Crippen molar-refractivity contribution in [1.82, 2.24) is 9.80 Å². The van der Waals surface area contributed by atoms with Crippen LogP contribution in [0.5, 0.6) is 0 Å². The summed E-state index contributed by atoms with van der Waals surface area (Å²) in [5, 5.41) is 0. The number of nitrogens with zero attached hydrogens (tertiary/aromatic N) is 2. The molecule has 5 nitrogen and oxygen atoms in total. The summed E-state index contributed by atoms with van der Waals surface area (Å²) in [6.07, 6.45) is 1.45. The standard InChI is InChI=1S/C15H28N2O3/c1-6-12-11-17(10-9-16(12)5)13(18)7-8-14(19)20-15(2,3)4/h12H,6-11H2,1-5H3. The summed E-state index contributed by atoms with van der Waals surface area (Å²) in [6.45, 7) is 10.0. The summed E-state index contributed by atoms with van der Waals surface area (Å²) in [6, 6.07) is 0.425. The predicted octanol–water partition coefficient (Wildman–Crippen LogP) is 1.66.